The average molecular weight is 419 g/mol. The van der Waals surface area contributed by atoms with Crippen LogP contribution in [0.2, 0.25) is 0 Å². The minimum atomic E-state index is -3.69. The summed E-state index contributed by atoms with van der Waals surface area (Å²) in [5.74, 6) is 1.49. The minimum absolute atomic E-state index is 0.180. The summed E-state index contributed by atoms with van der Waals surface area (Å²) in [6.45, 7) is 2.02. The number of hydrogen-bond donors (Lipinski definition) is 1. The van der Waals surface area contributed by atoms with E-state index in [4.69, 9.17) is 4.74 Å². The molecule has 0 saturated carbocycles. The van der Waals surface area contributed by atoms with Crippen LogP contribution < -0.4 is 9.46 Å². The number of benzene rings is 2. The summed E-state index contributed by atoms with van der Waals surface area (Å²) in [6, 6.07) is 15.6. The molecule has 0 radical (unpaired) electrons. The minimum Gasteiger partial charge on any atom is -0.462 e. The van der Waals surface area contributed by atoms with Crippen LogP contribution in [0.1, 0.15) is 18.4 Å². The maximum Gasteiger partial charge on any atom is 0.261 e. The molecule has 0 amide bonds. The van der Waals surface area contributed by atoms with Crippen LogP contribution in [0.15, 0.2) is 95.9 Å². The molecule has 4 rings (SSSR count). The lowest BCUT2D eigenvalue weighted by molar-refractivity contribution is 0.402. The van der Waals surface area contributed by atoms with E-state index < -0.39 is 10.0 Å². The van der Waals surface area contributed by atoms with Crippen LogP contribution in [0.5, 0.6) is 5.75 Å². The predicted molar refractivity (Wildman–Crippen MR) is 119 cm³/mol. The highest BCUT2D eigenvalue weighted by atomic mass is 32.2. The molecule has 0 bridgehead atoms. The molecule has 0 atom stereocenters. The molecule has 1 aliphatic carbocycles. The largest absolute Gasteiger partial charge is 0.462 e. The Labute approximate surface area is 176 Å². The van der Waals surface area contributed by atoms with E-state index in [9.17, 15) is 8.42 Å². The molecular formula is C24H22N2O3S. The zero-order chi connectivity index (χ0) is 21.0. The highest BCUT2D eigenvalue weighted by Crippen LogP contribution is 2.26. The molecule has 1 N–H and O–H groups in total. The van der Waals surface area contributed by atoms with Crippen LogP contribution in [0, 0.1) is 6.92 Å². The van der Waals surface area contributed by atoms with Crippen LogP contribution in [-0.2, 0) is 10.0 Å². The topological polar surface area (TPSA) is 68.3 Å². The Hall–Kier alpha value is -3.38. The maximum atomic E-state index is 12.7. The molecule has 0 aliphatic heterocycles. The van der Waals surface area contributed by atoms with Crippen molar-refractivity contribution in [2.24, 2.45) is 0 Å². The van der Waals surface area contributed by atoms with E-state index in [1.807, 2.05) is 37.3 Å². The van der Waals surface area contributed by atoms with Crippen molar-refractivity contribution in [2.75, 3.05) is 4.72 Å². The van der Waals surface area contributed by atoms with E-state index in [0.717, 1.165) is 35.3 Å². The molecule has 1 aliphatic rings. The second-order valence-corrected chi connectivity index (χ2v) is 8.73. The molecule has 2 aromatic carbocycles. The summed E-state index contributed by atoms with van der Waals surface area (Å²) in [4.78, 5) is 4.34. The summed E-state index contributed by atoms with van der Waals surface area (Å²) < 4.78 is 33.9. The Kier molecular flexibility index (Phi) is 5.68. The van der Waals surface area contributed by atoms with Crippen LogP contribution >= 0.6 is 0 Å². The number of hydrogen-bond acceptors (Lipinski definition) is 4. The van der Waals surface area contributed by atoms with E-state index in [2.05, 4.69) is 15.8 Å². The summed E-state index contributed by atoms with van der Waals surface area (Å²) in [7, 11) is -3.69. The molecule has 0 unspecified atom stereocenters. The van der Waals surface area contributed by atoms with Gasteiger partial charge in [0.15, 0.2) is 0 Å². The van der Waals surface area contributed by atoms with Crippen molar-refractivity contribution < 1.29 is 13.2 Å². The Balaban J connectivity index is 1.47. The molecule has 5 nitrogen and oxygen atoms in total. The number of ether oxygens (including phenoxy) is 1. The summed E-state index contributed by atoms with van der Waals surface area (Å²) in [6.07, 6.45) is 11.3. The highest BCUT2D eigenvalue weighted by Gasteiger charge is 2.15. The second kappa shape index (κ2) is 8.55. The Morgan fingerprint density at radius 1 is 1.00 bits per heavy atom. The van der Waals surface area contributed by atoms with Gasteiger partial charge in [-0.3, -0.25) is 9.71 Å². The van der Waals surface area contributed by atoms with Gasteiger partial charge in [-0.25, -0.2) is 8.42 Å². The van der Waals surface area contributed by atoms with Gasteiger partial charge in [0.1, 0.15) is 11.5 Å². The molecule has 1 aromatic heterocycles. The van der Waals surface area contributed by atoms with Gasteiger partial charge in [0, 0.05) is 30.1 Å². The first kappa shape index (κ1) is 19.9. The van der Waals surface area contributed by atoms with E-state index in [1.54, 1.807) is 48.8 Å². The number of anilines is 1. The van der Waals surface area contributed by atoms with Gasteiger partial charge in [-0.15, -0.1) is 0 Å². The number of aromatic nitrogens is 1. The van der Waals surface area contributed by atoms with Gasteiger partial charge in [-0.2, -0.15) is 0 Å². The Bertz CT molecular complexity index is 1200. The third-order valence-corrected chi connectivity index (χ3v) is 6.24. The first-order valence-electron chi connectivity index (χ1n) is 9.69. The molecular weight excluding hydrogens is 396 g/mol. The normalized spacial score (nSPS) is 13.6. The van der Waals surface area contributed by atoms with Gasteiger partial charge in [-0.05, 0) is 73.0 Å². The molecule has 152 valence electrons. The Morgan fingerprint density at radius 3 is 2.43 bits per heavy atom. The lowest BCUT2D eigenvalue weighted by Gasteiger charge is -2.12. The number of nitrogens with one attached hydrogen (secondary N) is 1. The van der Waals surface area contributed by atoms with E-state index in [-0.39, 0.29) is 4.90 Å². The number of pyridine rings is 1. The fourth-order valence-corrected chi connectivity index (χ4v) is 4.26. The van der Waals surface area contributed by atoms with Gasteiger partial charge in [0.25, 0.3) is 10.0 Å². The fourth-order valence-electron chi connectivity index (χ4n) is 3.20. The van der Waals surface area contributed by atoms with Crippen molar-refractivity contribution in [3.63, 3.8) is 0 Å². The number of sulfonamides is 1. The van der Waals surface area contributed by atoms with E-state index in [1.165, 1.54) is 0 Å². The van der Waals surface area contributed by atoms with E-state index >= 15 is 0 Å². The molecule has 30 heavy (non-hydrogen) atoms. The molecule has 3 aromatic rings. The molecule has 0 fully saturated rings. The zero-order valence-corrected chi connectivity index (χ0v) is 17.4. The van der Waals surface area contributed by atoms with Crippen molar-refractivity contribution in [2.45, 2.75) is 24.7 Å². The molecule has 1 heterocycles. The van der Waals surface area contributed by atoms with Crippen LogP contribution in [0.4, 0.5) is 5.69 Å². The SMILES string of the molecule is Cc1ccncc1-c1ccc(NS(=O)(=O)c2ccc(OC3=CC=CCC3)cc2)cc1. The number of aryl methyl sites for hydroxylation is 1. The zero-order valence-electron chi connectivity index (χ0n) is 16.6. The highest BCUT2D eigenvalue weighted by molar-refractivity contribution is 7.92. The monoisotopic (exact) mass is 418 g/mol. The van der Waals surface area contributed by atoms with Gasteiger partial charge in [0.2, 0.25) is 0 Å². The summed E-state index contributed by atoms with van der Waals surface area (Å²) >= 11 is 0. The predicted octanol–water partition coefficient (Wildman–Crippen LogP) is 5.47. The van der Waals surface area contributed by atoms with Crippen molar-refractivity contribution >= 4 is 15.7 Å². The number of rotatable bonds is 6. The quantitative estimate of drug-likeness (QED) is 0.576. The first-order valence-corrected chi connectivity index (χ1v) is 11.2. The molecule has 0 saturated heterocycles. The van der Waals surface area contributed by atoms with E-state index in [0.29, 0.717) is 11.4 Å². The van der Waals surface area contributed by atoms with Gasteiger partial charge >= 0.3 is 0 Å². The smallest absolute Gasteiger partial charge is 0.261 e. The van der Waals surface area contributed by atoms with Gasteiger partial charge < -0.3 is 4.74 Å². The molecule has 6 heteroatoms. The average Bonchev–Trinajstić information content (AvgIpc) is 2.76. The standard InChI is InChI=1S/C24H22N2O3S/c1-18-15-16-25-17-24(18)19-7-9-20(10-8-19)26-30(27,28)23-13-11-22(12-14-23)29-21-5-3-2-4-6-21/h2-3,5,7-17,26H,4,6H2,1H3. The second-order valence-electron chi connectivity index (χ2n) is 7.05. The van der Waals surface area contributed by atoms with Crippen molar-refractivity contribution in [3.05, 3.63) is 96.5 Å². The first-order chi connectivity index (χ1) is 14.5. The van der Waals surface area contributed by atoms with Crippen molar-refractivity contribution in [1.29, 1.82) is 0 Å². The lowest BCUT2D eigenvalue weighted by Crippen LogP contribution is -2.12. The summed E-state index contributed by atoms with van der Waals surface area (Å²) in [5, 5.41) is 0. The summed E-state index contributed by atoms with van der Waals surface area (Å²) in [5.41, 5.74) is 3.61. The third kappa shape index (κ3) is 4.60. The third-order valence-electron chi connectivity index (χ3n) is 4.85. The Morgan fingerprint density at radius 2 is 1.77 bits per heavy atom. The number of nitrogens with zero attached hydrogens (tertiary/aromatic N) is 1. The van der Waals surface area contributed by atoms with Crippen LogP contribution in [0.3, 0.4) is 0 Å². The molecule has 0 spiro atoms. The van der Waals surface area contributed by atoms with Crippen LogP contribution in [-0.4, -0.2) is 13.4 Å². The van der Waals surface area contributed by atoms with Crippen molar-refractivity contribution in [3.8, 4) is 16.9 Å². The lowest BCUT2D eigenvalue weighted by atomic mass is 10.0. The van der Waals surface area contributed by atoms with Gasteiger partial charge in [0.05, 0.1) is 4.90 Å². The van der Waals surface area contributed by atoms with Crippen molar-refractivity contribution in [1.82, 2.24) is 4.98 Å². The fraction of sp³-hybridized carbons (Fsp3) is 0.125. The number of allylic oxidation sites excluding steroid dienone is 4. The van der Waals surface area contributed by atoms with Crippen LogP contribution in [0.25, 0.3) is 11.1 Å². The van der Waals surface area contributed by atoms with Gasteiger partial charge in [-0.1, -0.05) is 24.3 Å². The maximum absolute atomic E-state index is 12.7.